The SMILES string of the molecule is COc1ccc(OC)c(S(=O)(=O)N(C)CC(=O)N/N=C/c2ccc(Cl)c(Cl)c2)c1. The number of sulfonamides is 1. The predicted octanol–water partition coefficient (Wildman–Crippen LogP) is 2.78. The zero-order valence-corrected chi connectivity index (χ0v) is 18.2. The van der Waals surface area contributed by atoms with Crippen molar-refractivity contribution in [3.63, 3.8) is 0 Å². The zero-order chi connectivity index (χ0) is 21.6. The predicted molar refractivity (Wildman–Crippen MR) is 112 cm³/mol. The van der Waals surface area contributed by atoms with E-state index < -0.39 is 22.5 Å². The Morgan fingerprint density at radius 2 is 1.86 bits per heavy atom. The Hall–Kier alpha value is -2.33. The Kier molecular flexibility index (Phi) is 7.86. The zero-order valence-electron chi connectivity index (χ0n) is 15.8. The summed E-state index contributed by atoms with van der Waals surface area (Å²) in [6.07, 6.45) is 1.36. The highest BCUT2D eigenvalue weighted by molar-refractivity contribution is 7.89. The van der Waals surface area contributed by atoms with Gasteiger partial charge in [0, 0.05) is 13.1 Å². The standard InChI is InChI=1S/C18H19Cl2N3O5S/c1-23(29(25,26)17-9-13(27-2)5-7-16(17)28-3)11-18(24)22-21-10-12-4-6-14(19)15(20)8-12/h4-10H,11H2,1-3H3,(H,22,24)/b21-10+. The monoisotopic (exact) mass is 459 g/mol. The van der Waals surface area contributed by atoms with Crippen LogP contribution in [0.3, 0.4) is 0 Å². The molecule has 0 radical (unpaired) electrons. The van der Waals surface area contributed by atoms with Gasteiger partial charge in [0.15, 0.2) is 0 Å². The number of hydrazone groups is 1. The molecule has 0 aliphatic carbocycles. The molecule has 0 saturated heterocycles. The molecule has 0 fully saturated rings. The number of nitrogens with one attached hydrogen (secondary N) is 1. The summed E-state index contributed by atoms with van der Waals surface area (Å²) in [5, 5.41) is 4.53. The minimum atomic E-state index is -4.01. The van der Waals surface area contributed by atoms with Crippen LogP contribution in [0.2, 0.25) is 10.0 Å². The molecule has 1 amide bonds. The molecule has 0 aromatic heterocycles. The van der Waals surface area contributed by atoms with Gasteiger partial charge in [-0.25, -0.2) is 13.8 Å². The number of benzene rings is 2. The van der Waals surface area contributed by atoms with Gasteiger partial charge in [0.05, 0.1) is 37.0 Å². The number of amides is 1. The second kappa shape index (κ2) is 9.93. The molecule has 0 heterocycles. The van der Waals surface area contributed by atoms with Crippen LogP contribution in [0.25, 0.3) is 0 Å². The number of carbonyl (C=O) groups excluding carboxylic acids is 1. The van der Waals surface area contributed by atoms with E-state index in [-0.39, 0.29) is 10.6 Å². The van der Waals surface area contributed by atoms with Crippen molar-refractivity contribution in [3.8, 4) is 11.5 Å². The number of likely N-dealkylation sites (N-methyl/N-ethyl adjacent to an activating group) is 1. The highest BCUT2D eigenvalue weighted by Crippen LogP contribution is 2.30. The molecule has 0 aliphatic heterocycles. The molecule has 8 nitrogen and oxygen atoms in total. The van der Waals surface area contributed by atoms with Gasteiger partial charge in [-0.15, -0.1) is 0 Å². The lowest BCUT2D eigenvalue weighted by Crippen LogP contribution is -2.36. The van der Waals surface area contributed by atoms with Gasteiger partial charge in [-0.3, -0.25) is 4.79 Å². The second-order valence-corrected chi connectivity index (χ2v) is 8.57. The van der Waals surface area contributed by atoms with Crippen LogP contribution in [0.5, 0.6) is 11.5 Å². The molecule has 0 spiro atoms. The Bertz CT molecular complexity index is 1030. The first kappa shape index (κ1) is 23.0. The van der Waals surface area contributed by atoms with Crippen molar-refractivity contribution in [1.82, 2.24) is 9.73 Å². The molecule has 2 aromatic carbocycles. The van der Waals surface area contributed by atoms with Crippen LogP contribution >= 0.6 is 23.2 Å². The Morgan fingerprint density at radius 1 is 1.14 bits per heavy atom. The number of hydrogen-bond acceptors (Lipinski definition) is 6. The molecule has 0 bridgehead atoms. The van der Waals surface area contributed by atoms with Gasteiger partial charge in [-0.2, -0.15) is 9.41 Å². The summed E-state index contributed by atoms with van der Waals surface area (Å²) in [5.74, 6) is -0.154. The van der Waals surface area contributed by atoms with Gasteiger partial charge >= 0.3 is 0 Å². The quantitative estimate of drug-likeness (QED) is 0.483. The molecule has 0 saturated carbocycles. The summed E-state index contributed by atoms with van der Waals surface area (Å²) in [5.41, 5.74) is 2.88. The van der Waals surface area contributed by atoms with Gasteiger partial charge in [-0.1, -0.05) is 29.3 Å². The number of methoxy groups -OCH3 is 2. The summed E-state index contributed by atoms with van der Waals surface area (Å²) in [7, 11) is 0.0312. The largest absolute Gasteiger partial charge is 0.497 e. The van der Waals surface area contributed by atoms with Gasteiger partial charge in [0.1, 0.15) is 16.4 Å². The molecule has 2 aromatic rings. The number of ether oxygens (including phenoxy) is 2. The first-order chi connectivity index (χ1) is 13.7. The minimum Gasteiger partial charge on any atom is -0.497 e. The molecule has 29 heavy (non-hydrogen) atoms. The van der Waals surface area contributed by atoms with Crippen LogP contribution in [-0.2, 0) is 14.8 Å². The highest BCUT2D eigenvalue weighted by atomic mass is 35.5. The van der Waals surface area contributed by atoms with Crippen molar-refractivity contribution < 1.29 is 22.7 Å². The molecule has 156 valence electrons. The normalized spacial score (nSPS) is 11.7. The van der Waals surface area contributed by atoms with Crippen LogP contribution in [0.15, 0.2) is 46.4 Å². The average molecular weight is 460 g/mol. The fourth-order valence-corrected chi connectivity index (χ4v) is 3.85. The van der Waals surface area contributed by atoms with E-state index >= 15 is 0 Å². The number of hydrogen-bond donors (Lipinski definition) is 1. The lowest BCUT2D eigenvalue weighted by Gasteiger charge is -2.18. The molecule has 0 unspecified atom stereocenters. The van der Waals surface area contributed by atoms with Crippen molar-refractivity contribution in [3.05, 3.63) is 52.0 Å². The Balaban J connectivity index is 2.08. The summed E-state index contributed by atoms with van der Waals surface area (Å²) < 4.78 is 36.7. The van der Waals surface area contributed by atoms with E-state index in [9.17, 15) is 13.2 Å². The molecule has 11 heteroatoms. The highest BCUT2D eigenvalue weighted by Gasteiger charge is 2.27. The maximum absolute atomic E-state index is 12.8. The summed E-state index contributed by atoms with van der Waals surface area (Å²) in [6, 6.07) is 9.20. The first-order valence-corrected chi connectivity index (χ1v) is 10.3. The molecule has 0 aliphatic rings. The lowest BCUT2D eigenvalue weighted by atomic mass is 10.2. The maximum atomic E-state index is 12.8. The van der Waals surface area contributed by atoms with Crippen molar-refractivity contribution in [2.24, 2.45) is 5.10 Å². The first-order valence-electron chi connectivity index (χ1n) is 8.14. The molecule has 1 N–H and O–H groups in total. The smallest absolute Gasteiger partial charge is 0.255 e. The topological polar surface area (TPSA) is 97.3 Å². The van der Waals surface area contributed by atoms with E-state index in [1.165, 1.54) is 39.6 Å². The molecular formula is C18H19Cl2N3O5S. The van der Waals surface area contributed by atoms with E-state index in [0.717, 1.165) is 4.31 Å². The third-order valence-electron chi connectivity index (χ3n) is 3.77. The van der Waals surface area contributed by atoms with Crippen LogP contribution in [0.1, 0.15) is 5.56 Å². The number of halogens is 2. The van der Waals surface area contributed by atoms with Crippen LogP contribution in [-0.4, -0.2) is 52.7 Å². The maximum Gasteiger partial charge on any atom is 0.255 e. The lowest BCUT2D eigenvalue weighted by molar-refractivity contribution is -0.121. The fraction of sp³-hybridized carbons (Fsp3) is 0.222. The van der Waals surface area contributed by atoms with Crippen molar-refractivity contribution in [2.45, 2.75) is 4.90 Å². The van der Waals surface area contributed by atoms with E-state index in [4.69, 9.17) is 32.7 Å². The van der Waals surface area contributed by atoms with Crippen LogP contribution in [0, 0.1) is 0 Å². The van der Waals surface area contributed by atoms with Crippen LogP contribution < -0.4 is 14.9 Å². The molecule has 0 atom stereocenters. The summed E-state index contributed by atoms with van der Waals surface area (Å²) >= 11 is 11.7. The number of carbonyl (C=O) groups is 1. The van der Waals surface area contributed by atoms with E-state index in [0.29, 0.717) is 21.4 Å². The van der Waals surface area contributed by atoms with Crippen molar-refractivity contribution in [1.29, 1.82) is 0 Å². The summed E-state index contributed by atoms with van der Waals surface area (Å²) in [6.45, 7) is -0.457. The van der Waals surface area contributed by atoms with Gasteiger partial charge < -0.3 is 9.47 Å². The number of rotatable bonds is 8. The average Bonchev–Trinajstić information content (AvgIpc) is 2.70. The third kappa shape index (κ3) is 5.83. The van der Waals surface area contributed by atoms with Crippen LogP contribution in [0.4, 0.5) is 0 Å². The summed E-state index contributed by atoms with van der Waals surface area (Å²) in [4.78, 5) is 12.0. The molecular weight excluding hydrogens is 441 g/mol. The van der Waals surface area contributed by atoms with Gasteiger partial charge in [0.25, 0.3) is 5.91 Å². The minimum absolute atomic E-state index is 0.117. The van der Waals surface area contributed by atoms with E-state index in [2.05, 4.69) is 10.5 Å². The Labute approximate surface area is 179 Å². The van der Waals surface area contributed by atoms with E-state index in [1.807, 2.05) is 0 Å². The van der Waals surface area contributed by atoms with Gasteiger partial charge in [0.2, 0.25) is 10.0 Å². The van der Waals surface area contributed by atoms with E-state index in [1.54, 1.807) is 24.3 Å². The second-order valence-electron chi connectivity index (χ2n) is 5.74. The Morgan fingerprint density at radius 3 is 2.48 bits per heavy atom. The third-order valence-corrected chi connectivity index (χ3v) is 6.34. The van der Waals surface area contributed by atoms with Crippen molar-refractivity contribution >= 4 is 45.3 Å². The number of nitrogens with zero attached hydrogens (tertiary/aromatic N) is 2. The fourth-order valence-electron chi connectivity index (χ4n) is 2.25. The van der Waals surface area contributed by atoms with Gasteiger partial charge in [-0.05, 0) is 29.8 Å². The van der Waals surface area contributed by atoms with Crippen molar-refractivity contribution in [2.75, 3.05) is 27.8 Å². The molecule has 2 rings (SSSR count).